The Bertz CT molecular complexity index is 348. The molecule has 90 valence electrons. The number of allylic oxidation sites excluding steroid dienone is 1. The van der Waals surface area contributed by atoms with Crippen LogP contribution in [-0.4, -0.2) is 42.9 Å². The molecule has 2 aliphatic rings. The van der Waals surface area contributed by atoms with Gasteiger partial charge in [0.25, 0.3) is 0 Å². The first-order valence-corrected chi connectivity index (χ1v) is 5.84. The number of hydrogen-bond donors (Lipinski definition) is 1. The first kappa shape index (κ1) is 12.3. The summed E-state index contributed by atoms with van der Waals surface area (Å²) in [6.07, 6.45) is 4.60. The normalized spacial score (nSPS) is 40.7. The van der Waals surface area contributed by atoms with Crippen LogP contribution in [0.3, 0.4) is 0 Å². The van der Waals surface area contributed by atoms with E-state index in [2.05, 4.69) is 15.9 Å². The topological polar surface area (TPSA) is 51.2 Å². The average molecular weight is 291 g/mol. The second-order valence-electron chi connectivity index (χ2n) is 3.92. The maximum atomic E-state index is 10.4. The summed E-state index contributed by atoms with van der Waals surface area (Å²) in [5.74, 6) is -0.905. The van der Waals surface area contributed by atoms with E-state index in [0.717, 1.165) is 0 Å². The van der Waals surface area contributed by atoms with Crippen LogP contribution in [0.1, 0.15) is 6.92 Å². The highest BCUT2D eigenvalue weighted by Gasteiger charge is 2.67. The Labute approximate surface area is 103 Å². The molecule has 0 aromatic carbocycles. The lowest BCUT2D eigenvalue weighted by molar-refractivity contribution is -0.185. The zero-order valence-corrected chi connectivity index (χ0v) is 11.0. The van der Waals surface area contributed by atoms with Gasteiger partial charge in [0.2, 0.25) is 5.79 Å². The number of methoxy groups -OCH3 is 2. The quantitative estimate of drug-likeness (QED) is 0.484. The Hall–Kier alpha value is -0.200. The molecule has 16 heavy (non-hydrogen) atoms. The minimum Gasteiger partial charge on any atom is -0.378 e. The average Bonchev–Trinajstić information content (AvgIpc) is 3.06. The van der Waals surface area contributed by atoms with E-state index >= 15 is 0 Å². The van der Waals surface area contributed by atoms with Crippen LogP contribution in [0.2, 0.25) is 0 Å². The summed E-state index contributed by atoms with van der Waals surface area (Å²) < 4.78 is 16.7. The number of fused-ring (bicyclic) bond motifs is 1. The van der Waals surface area contributed by atoms with Gasteiger partial charge in [-0.1, -0.05) is 22.0 Å². The van der Waals surface area contributed by atoms with Gasteiger partial charge in [0.05, 0.1) is 0 Å². The van der Waals surface area contributed by atoms with E-state index in [-0.39, 0.29) is 12.2 Å². The molecule has 1 aliphatic carbocycles. The van der Waals surface area contributed by atoms with Gasteiger partial charge < -0.3 is 19.3 Å². The van der Waals surface area contributed by atoms with Crippen molar-refractivity contribution in [3.8, 4) is 0 Å². The van der Waals surface area contributed by atoms with Gasteiger partial charge in [-0.05, 0) is 19.1 Å². The first-order valence-electron chi connectivity index (χ1n) is 5.05. The summed E-state index contributed by atoms with van der Waals surface area (Å²) in [6.45, 7) is 1.85. The Morgan fingerprint density at radius 3 is 2.56 bits per heavy atom. The molecule has 1 heterocycles. The SMILES string of the molecule is C/C=C/[C@]1(O)C(Br)=CC(OC)(OC)[C@H]2O[C@H]21. The van der Waals surface area contributed by atoms with Crippen molar-refractivity contribution in [1.82, 2.24) is 0 Å². The molecule has 5 heteroatoms. The zero-order chi connectivity index (χ0) is 12.0. The lowest BCUT2D eigenvalue weighted by Gasteiger charge is -2.34. The third-order valence-electron chi connectivity index (χ3n) is 3.09. The molecule has 0 unspecified atom stereocenters. The van der Waals surface area contributed by atoms with E-state index in [1.54, 1.807) is 32.4 Å². The van der Waals surface area contributed by atoms with E-state index in [4.69, 9.17) is 14.2 Å². The first-order chi connectivity index (χ1) is 7.54. The monoisotopic (exact) mass is 290 g/mol. The van der Waals surface area contributed by atoms with Gasteiger partial charge in [-0.25, -0.2) is 0 Å². The van der Waals surface area contributed by atoms with Crippen molar-refractivity contribution in [2.24, 2.45) is 0 Å². The Balaban J connectivity index is 2.40. The molecule has 1 N–H and O–H groups in total. The van der Waals surface area contributed by atoms with Gasteiger partial charge in [-0.15, -0.1) is 0 Å². The Kier molecular flexibility index (Phi) is 3.01. The molecule has 0 amide bonds. The maximum Gasteiger partial charge on any atom is 0.218 e. The van der Waals surface area contributed by atoms with Crippen LogP contribution in [-0.2, 0) is 14.2 Å². The van der Waals surface area contributed by atoms with Crippen molar-refractivity contribution in [1.29, 1.82) is 0 Å². The molecule has 4 nitrogen and oxygen atoms in total. The van der Waals surface area contributed by atoms with Gasteiger partial charge in [0.1, 0.15) is 17.8 Å². The third-order valence-corrected chi connectivity index (χ3v) is 3.96. The lowest BCUT2D eigenvalue weighted by atomic mass is 9.87. The highest BCUT2D eigenvalue weighted by Crippen LogP contribution is 2.51. The molecular formula is C11H15BrO4. The summed E-state index contributed by atoms with van der Waals surface area (Å²) in [5.41, 5.74) is -1.11. The van der Waals surface area contributed by atoms with Crippen LogP contribution in [0.15, 0.2) is 22.7 Å². The molecule has 0 aromatic rings. The molecule has 3 atom stereocenters. The third kappa shape index (κ3) is 1.50. The van der Waals surface area contributed by atoms with Crippen molar-refractivity contribution in [2.45, 2.75) is 30.5 Å². The maximum absolute atomic E-state index is 10.4. The van der Waals surface area contributed by atoms with Crippen LogP contribution < -0.4 is 0 Å². The van der Waals surface area contributed by atoms with E-state index in [0.29, 0.717) is 4.48 Å². The molecule has 0 bridgehead atoms. The largest absolute Gasteiger partial charge is 0.378 e. The fourth-order valence-corrected chi connectivity index (χ4v) is 2.80. The predicted molar refractivity (Wildman–Crippen MR) is 62.2 cm³/mol. The Morgan fingerprint density at radius 1 is 1.44 bits per heavy atom. The standard InChI is InChI=1S/C11H15BrO4/c1-4-5-10(13)7(12)6-11(14-2,15-3)9-8(10)16-9/h4-6,8-9,13H,1-3H3/b5-4+/t8-,9+,10+/m1/s1. The van der Waals surface area contributed by atoms with E-state index in [1.807, 2.05) is 6.92 Å². The summed E-state index contributed by atoms with van der Waals surface area (Å²) in [7, 11) is 3.11. The van der Waals surface area contributed by atoms with Crippen LogP contribution in [0.25, 0.3) is 0 Å². The molecule has 0 spiro atoms. The molecule has 0 aromatic heterocycles. The summed E-state index contributed by atoms with van der Waals surface area (Å²) in [5, 5.41) is 10.4. The van der Waals surface area contributed by atoms with Gasteiger partial charge in [-0.3, -0.25) is 0 Å². The number of ether oxygens (including phenoxy) is 3. The summed E-state index contributed by atoms with van der Waals surface area (Å²) in [6, 6.07) is 0. The van der Waals surface area contributed by atoms with Gasteiger partial charge in [0.15, 0.2) is 0 Å². The number of halogens is 1. The number of aliphatic hydroxyl groups is 1. The van der Waals surface area contributed by atoms with Crippen molar-refractivity contribution in [3.05, 3.63) is 22.7 Å². The zero-order valence-electron chi connectivity index (χ0n) is 9.44. The van der Waals surface area contributed by atoms with Crippen LogP contribution in [0.5, 0.6) is 0 Å². The van der Waals surface area contributed by atoms with E-state index in [1.165, 1.54) is 0 Å². The highest BCUT2D eigenvalue weighted by molar-refractivity contribution is 9.11. The van der Waals surface area contributed by atoms with Crippen molar-refractivity contribution in [3.63, 3.8) is 0 Å². The second kappa shape index (κ2) is 3.92. The molecule has 2 rings (SSSR count). The number of hydrogen-bond acceptors (Lipinski definition) is 4. The summed E-state index contributed by atoms with van der Waals surface area (Å²) in [4.78, 5) is 0. The molecule has 0 saturated carbocycles. The minimum atomic E-state index is -1.11. The molecule has 1 aliphatic heterocycles. The van der Waals surface area contributed by atoms with E-state index in [9.17, 15) is 5.11 Å². The van der Waals surface area contributed by atoms with Crippen LogP contribution in [0.4, 0.5) is 0 Å². The summed E-state index contributed by atoms with van der Waals surface area (Å²) >= 11 is 3.36. The minimum absolute atomic E-state index is 0.273. The number of epoxide rings is 1. The second-order valence-corrected chi connectivity index (χ2v) is 4.78. The molecule has 0 radical (unpaired) electrons. The Morgan fingerprint density at radius 2 is 2.06 bits per heavy atom. The van der Waals surface area contributed by atoms with Crippen molar-refractivity contribution >= 4 is 15.9 Å². The van der Waals surface area contributed by atoms with Gasteiger partial charge in [-0.2, -0.15) is 0 Å². The van der Waals surface area contributed by atoms with Gasteiger partial charge >= 0.3 is 0 Å². The van der Waals surface area contributed by atoms with Crippen molar-refractivity contribution < 1.29 is 19.3 Å². The molecular weight excluding hydrogens is 276 g/mol. The predicted octanol–water partition coefficient (Wildman–Crippen LogP) is 1.34. The fraction of sp³-hybridized carbons (Fsp3) is 0.636. The molecule has 1 fully saturated rings. The molecule has 1 saturated heterocycles. The fourth-order valence-electron chi connectivity index (χ4n) is 2.13. The van der Waals surface area contributed by atoms with Crippen LogP contribution in [0, 0.1) is 0 Å². The van der Waals surface area contributed by atoms with Crippen molar-refractivity contribution in [2.75, 3.05) is 14.2 Å². The number of rotatable bonds is 3. The smallest absolute Gasteiger partial charge is 0.218 e. The van der Waals surface area contributed by atoms with Gasteiger partial charge in [0, 0.05) is 18.7 Å². The van der Waals surface area contributed by atoms with Crippen LogP contribution >= 0.6 is 15.9 Å². The van der Waals surface area contributed by atoms with E-state index < -0.39 is 11.4 Å². The highest BCUT2D eigenvalue weighted by atomic mass is 79.9. The lowest BCUT2D eigenvalue weighted by Crippen LogP contribution is -2.49.